The Balaban J connectivity index is 2.25. The van der Waals surface area contributed by atoms with Crippen molar-refractivity contribution >= 4 is 5.82 Å². The molecule has 0 atom stereocenters. The molecule has 0 bridgehead atoms. The molecule has 78 valence electrons. The van der Waals surface area contributed by atoms with Crippen LogP contribution >= 0.6 is 0 Å². The summed E-state index contributed by atoms with van der Waals surface area (Å²) in [7, 11) is 0. The average molecular weight is 202 g/mol. The van der Waals surface area contributed by atoms with Crippen LogP contribution in [0.3, 0.4) is 0 Å². The summed E-state index contributed by atoms with van der Waals surface area (Å²) >= 11 is 0. The highest BCUT2D eigenvalue weighted by molar-refractivity contribution is 5.44. The number of nitrogens with one attached hydrogen (secondary N) is 1. The third-order valence-corrected chi connectivity index (χ3v) is 2.09. The van der Waals surface area contributed by atoms with Crippen molar-refractivity contribution in [1.82, 2.24) is 9.78 Å². The predicted octanol–water partition coefficient (Wildman–Crippen LogP) is 1.24. The standard InChI is InChI=1S/C11H14N4/c12-7-9-13-11-6-8-14-15(11)10-4-2-1-3-5-10/h1-6,8,13H,7,9,12H2. The van der Waals surface area contributed by atoms with Gasteiger partial charge < -0.3 is 11.1 Å². The molecule has 2 rings (SSSR count). The topological polar surface area (TPSA) is 55.9 Å². The molecule has 0 saturated heterocycles. The first-order valence-electron chi connectivity index (χ1n) is 4.95. The number of hydrogen-bond donors (Lipinski definition) is 2. The van der Waals surface area contributed by atoms with E-state index in [4.69, 9.17) is 5.73 Å². The molecule has 1 heterocycles. The molecule has 15 heavy (non-hydrogen) atoms. The number of para-hydroxylation sites is 1. The van der Waals surface area contributed by atoms with E-state index >= 15 is 0 Å². The third-order valence-electron chi connectivity index (χ3n) is 2.09. The molecular weight excluding hydrogens is 188 g/mol. The zero-order chi connectivity index (χ0) is 10.5. The zero-order valence-corrected chi connectivity index (χ0v) is 8.43. The van der Waals surface area contributed by atoms with Crippen LogP contribution in [0.25, 0.3) is 5.69 Å². The Morgan fingerprint density at radius 1 is 1.20 bits per heavy atom. The van der Waals surface area contributed by atoms with Crippen molar-refractivity contribution in [2.75, 3.05) is 18.4 Å². The van der Waals surface area contributed by atoms with Crippen LogP contribution in [0.2, 0.25) is 0 Å². The molecule has 0 radical (unpaired) electrons. The highest BCUT2D eigenvalue weighted by Gasteiger charge is 2.02. The molecule has 0 aliphatic carbocycles. The fourth-order valence-corrected chi connectivity index (χ4v) is 1.41. The van der Waals surface area contributed by atoms with Crippen molar-refractivity contribution in [3.8, 4) is 5.69 Å². The summed E-state index contributed by atoms with van der Waals surface area (Å²) in [6.07, 6.45) is 1.77. The SMILES string of the molecule is NCCNc1ccnn1-c1ccccc1. The van der Waals surface area contributed by atoms with Gasteiger partial charge in [0.15, 0.2) is 0 Å². The maximum absolute atomic E-state index is 5.44. The van der Waals surface area contributed by atoms with E-state index in [1.807, 2.05) is 41.1 Å². The number of hydrogen-bond acceptors (Lipinski definition) is 3. The molecule has 2 aromatic rings. The van der Waals surface area contributed by atoms with E-state index in [0.29, 0.717) is 6.54 Å². The van der Waals surface area contributed by atoms with Gasteiger partial charge in [-0.25, -0.2) is 4.68 Å². The van der Waals surface area contributed by atoms with Crippen LogP contribution in [-0.4, -0.2) is 22.9 Å². The lowest BCUT2D eigenvalue weighted by atomic mass is 10.3. The second kappa shape index (κ2) is 4.61. The van der Waals surface area contributed by atoms with Gasteiger partial charge in [0.1, 0.15) is 5.82 Å². The minimum atomic E-state index is 0.611. The first-order chi connectivity index (χ1) is 7.42. The van der Waals surface area contributed by atoms with E-state index in [2.05, 4.69) is 10.4 Å². The van der Waals surface area contributed by atoms with Gasteiger partial charge in [-0.3, -0.25) is 0 Å². The first kappa shape index (κ1) is 9.73. The van der Waals surface area contributed by atoms with Crippen molar-refractivity contribution in [2.24, 2.45) is 5.73 Å². The van der Waals surface area contributed by atoms with Gasteiger partial charge in [-0.2, -0.15) is 5.10 Å². The number of nitrogens with zero attached hydrogens (tertiary/aromatic N) is 2. The van der Waals surface area contributed by atoms with Gasteiger partial charge >= 0.3 is 0 Å². The van der Waals surface area contributed by atoms with Crippen LogP contribution in [0.5, 0.6) is 0 Å². The summed E-state index contributed by atoms with van der Waals surface area (Å²) < 4.78 is 1.86. The molecule has 0 fully saturated rings. The number of rotatable bonds is 4. The fraction of sp³-hybridized carbons (Fsp3) is 0.182. The minimum absolute atomic E-state index is 0.611. The number of nitrogens with two attached hydrogens (primary N) is 1. The van der Waals surface area contributed by atoms with Crippen molar-refractivity contribution in [1.29, 1.82) is 0 Å². The Labute approximate surface area is 88.7 Å². The molecule has 0 amide bonds. The van der Waals surface area contributed by atoms with Gasteiger partial charge in [-0.1, -0.05) is 18.2 Å². The third kappa shape index (κ3) is 2.16. The maximum Gasteiger partial charge on any atom is 0.129 e. The summed E-state index contributed by atoms with van der Waals surface area (Å²) in [5.74, 6) is 0.964. The zero-order valence-electron chi connectivity index (χ0n) is 8.43. The second-order valence-corrected chi connectivity index (χ2v) is 3.18. The van der Waals surface area contributed by atoms with Crippen LogP contribution in [0.4, 0.5) is 5.82 Å². The molecule has 0 unspecified atom stereocenters. The van der Waals surface area contributed by atoms with Crippen molar-refractivity contribution in [3.63, 3.8) is 0 Å². The van der Waals surface area contributed by atoms with Crippen LogP contribution in [-0.2, 0) is 0 Å². The summed E-state index contributed by atoms with van der Waals surface area (Å²) in [6, 6.07) is 11.9. The Bertz CT molecular complexity index is 408. The maximum atomic E-state index is 5.44. The van der Waals surface area contributed by atoms with E-state index in [1.165, 1.54) is 0 Å². The van der Waals surface area contributed by atoms with E-state index in [9.17, 15) is 0 Å². The summed E-state index contributed by atoms with van der Waals surface area (Å²) in [5, 5.41) is 7.47. The van der Waals surface area contributed by atoms with Crippen molar-refractivity contribution in [3.05, 3.63) is 42.6 Å². The smallest absolute Gasteiger partial charge is 0.129 e. The quantitative estimate of drug-likeness (QED) is 0.784. The van der Waals surface area contributed by atoms with Gasteiger partial charge in [-0.05, 0) is 12.1 Å². The lowest BCUT2D eigenvalue weighted by Gasteiger charge is -2.08. The second-order valence-electron chi connectivity index (χ2n) is 3.18. The lowest BCUT2D eigenvalue weighted by Crippen LogP contribution is -2.15. The molecule has 0 aliphatic rings. The summed E-state index contributed by atoms with van der Waals surface area (Å²) in [5.41, 5.74) is 6.49. The Morgan fingerprint density at radius 3 is 2.73 bits per heavy atom. The Morgan fingerprint density at radius 2 is 2.00 bits per heavy atom. The minimum Gasteiger partial charge on any atom is -0.369 e. The summed E-state index contributed by atoms with van der Waals surface area (Å²) in [4.78, 5) is 0. The predicted molar refractivity (Wildman–Crippen MR) is 61.1 cm³/mol. The molecule has 4 heteroatoms. The molecule has 1 aromatic heterocycles. The van der Waals surface area contributed by atoms with E-state index < -0.39 is 0 Å². The van der Waals surface area contributed by atoms with Gasteiger partial charge in [-0.15, -0.1) is 0 Å². The van der Waals surface area contributed by atoms with Crippen LogP contribution < -0.4 is 11.1 Å². The molecule has 0 spiro atoms. The van der Waals surface area contributed by atoms with E-state index in [1.54, 1.807) is 6.20 Å². The van der Waals surface area contributed by atoms with E-state index in [-0.39, 0.29) is 0 Å². The van der Waals surface area contributed by atoms with Gasteiger partial charge in [0.25, 0.3) is 0 Å². The lowest BCUT2D eigenvalue weighted by molar-refractivity contribution is 0.871. The average Bonchev–Trinajstić information content (AvgIpc) is 2.75. The van der Waals surface area contributed by atoms with Crippen LogP contribution in [0.1, 0.15) is 0 Å². The fourth-order valence-electron chi connectivity index (χ4n) is 1.41. The Hall–Kier alpha value is -1.81. The number of anilines is 1. The van der Waals surface area contributed by atoms with Gasteiger partial charge in [0, 0.05) is 19.2 Å². The first-order valence-corrected chi connectivity index (χ1v) is 4.95. The normalized spacial score (nSPS) is 10.2. The van der Waals surface area contributed by atoms with Gasteiger partial charge in [0.05, 0.1) is 11.9 Å². The van der Waals surface area contributed by atoms with E-state index in [0.717, 1.165) is 18.1 Å². The molecule has 0 saturated carbocycles. The highest BCUT2D eigenvalue weighted by atomic mass is 15.3. The number of benzene rings is 1. The molecule has 3 N–H and O–H groups in total. The van der Waals surface area contributed by atoms with Crippen molar-refractivity contribution in [2.45, 2.75) is 0 Å². The van der Waals surface area contributed by atoms with Crippen LogP contribution in [0, 0.1) is 0 Å². The largest absolute Gasteiger partial charge is 0.369 e. The molecule has 0 aliphatic heterocycles. The highest BCUT2D eigenvalue weighted by Crippen LogP contribution is 2.13. The molecule has 4 nitrogen and oxygen atoms in total. The summed E-state index contributed by atoms with van der Waals surface area (Å²) in [6.45, 7) is 1.36. The van der Waals surface area contributed by atoms with Crippen molar-refractivity contribution < 1.29 is 0 Å². The molecule has 1 aromatic carbocycles. The number of aromatic nitrogens is 2. The van der Waals surface area contributed by atoms with Crippen LogP contribution in [0.15, 0.2) is 42.6 Å². The molecular formula is C11H14N4. The van der Waals surface area contributed by atoms with Gasteiger partial charge in [0.2, 0.25) is 0 Å². The monoisotopic (exact) mass is 202 g/mol. The Kier molecular flexibility index (Phi) is 2.99.